The van der Waals surface area contributed by atoms with Crippen molar-refractivity contribution < 1.29 is 27.5 Å². The lowest BCUT2D eigenvalue weighted by Gasteiger charge is -2.29. The Labute approximate surface area is 221 Å². The lowest BCUT2D eigenvalue weighted by molar-refractivity contribution is -0.192. The SMILES string of the molecule is CN1CCC(c2ccc(-c3ccc4nc(Cc5ccccc5)[nH]c(=O)c4c3F)cc2)CC1.O=C(O)C(F)(F)F. The maximum absolute atomic E-state index is 15.4. The molecule has 2 heterocycles. The Hall–Kier alpha value is -4.05. The van der Waals surface area contributed by atoms with Crippen molar-refractivity contribution in [3.8, 4) is 11.1 Å². The Morgan fingerprint density at radius 1 is 1.03 bits per heavy atom. The van der Waals surface area contributed by atoms with Gasteiger partial charge in [0.1, 0.15) is 17.0 Å². The summed E-state index contributed by atoms with van der Waals surface area (Å²) < 4.78 is 47.1. The summed E-state index contributed by atoms with van der Waals surface area (Å²) in [4.78, 5) is 31.3. The monoisotopic (exact) mass is 541 g/mol. The molecular formula is C29H27F4N3O3. The van der Waals surface area contributed by atoms with Crippen molar-refractivity contribution >= 4 is 16.9 Å². The van der Waals surface area contributed by atoms with Crippen LogP contribution >= 0.6 is 0 Å². The number of H-pyrrole nitrogens is 1. The van der Waals surface area contributed by atoms with E-state index in [1.54, 1.807) is 12.1 Å². The number of fused-ring (bicyclic) bond motifs is 1. The van der Waals surface area contributed by atoms with Crippen LogP contribution in [0.3, 0.4) is 0 Å². The molecule has 1 aliphatic heterocycles. The summed E-state index contributed by atoms with van der Waals surface area (Å²) >= 11 is 0. The predicted octanol–water partition coefficient (Wildman–Crippen LogP) is 5.76. The van der Waals surface area contributed by atoms with Crippen molar-refractivity contribution in [3.63, 3.8) is 0 Å². The average molecular weight is 542 g/mol. The van der Waals surface area contributed by atoms with Gasteiger partial charge in [0, 0.05) is 12.0 Å². The van der Waals surface area contributed by atoms with E-state index in [2.05, 4.69) is 34.0 Å². The van der Waals surface area contributed by atoms with Crippen LogP contribution in [-0.4, -0.2) is 52.3 Å². The molecule has 0 spiro atoms. The van der Waals surface area contributed by atoms with Gasteiger partial charge in [-0.05, 0) is 67.7 Å². The second kappa shape index (κ2) is 11.8. The van der Waals surface area contributed by atoms with E-state index >= 15 is 4.39 Å². The number of benzene rings is 3. The van der Waals surface area contributed by atoms with Crippen LogP contribution in [0, 0.1) is 5.82 Å². The molecule has 4 aromatic rings. The van der Waals surface area contributed by atoms with Crippen LogP contribution < -0.4 is 5.56 Å². The number of piperidine rings is 1. The topological polar surface area (TPSA) is 86.3 Å². The number of aromatic nitrogens is 2. The van der Waals surface area contributed by atoms with Crippen molar-refractivity contribution in [1.82, 2.24) is 14.9 Å². The fourth-order valence-electron chi connectivity index (χ4n) is 4.61. The van der Waals surface area contributed by atoms with Gasteiger partial charge in [0.15, 0.2) is 0 Å². The highest BCUT2D eigenvalue weighted by Gasteiger charge is 2.38. The van der Waals surface area contributed by atoms with Gasteiger partial charge in [-0.25, -0.2) is 14.2 Å². The summed E-state index contributed by atoms with van der Waals surface area (Å²) in [6.07, 6.45) is -2.30. The van der Waals surface area contributed by atoms with Crippen molar-refractivity contribution in [2.75, 3.05) is 20.1 Å². The molecule has 5 rings (SSSR count). The third kappa shape index (κ3) is 6.88. The first-order valence-corrected chi connectivity index (χ1v) is 12.4. The van der Waals surface area contributed by atoms with Crippen molar-refractivity contribution in [3.05, 3.63) is 99.9 Å². The fraction of sp³-hybridized carbons (Fsp3) is 0.276. The Morgan fingerprint density at radius 3 is 2.23 bits per heavy atom. The van der Waals surface area contributed by atoms with Gasteiger partial charge in [-0.3, -0.25) is 4.79 Å². The van der Waals surface area contributed by atoms with Gasteiger partial charge in [-0.2, -0.15) is 13.2 Å². The smallest absolute Gasteiger partial charge is 0.475 e. The zero-order valence-electron chi connectivity index (χ0n) is 21.1. The third-order valence-corrected chi connectivity index (χ3v) is 6.73. The Kier molecular flexibility index (Phi) is 8.44. The minimum Gasteiger partial charge on any atom is -0.475 e. The quantitative estimate of drug-likeness (QED) is 0.321. The first-order chi connectivity index (χ1) is 18.5. The molecule has 0 bridgehead atoms. The van der Waals surface area contributed by atoms with Gasteiger partial charge < -0.3 is 15.0 Å². The molecule has 0 aliphatic carbocycles. The molecule has 10 heteroatoms. The molecule has 1 aliphatic rings. The first kappa shape index (κ1) is 28.0. The van der Waals surface area contributed by atoms with E-state index in [4.69, 9.17) is 9.90 Å². The molecule has 204 valence electrons. The van der Waals surface area contributed by atoms with Gasteiger partial charge in [0.2, 0.25) is 0 Å². The molecule has 1 aromatic heterocycles. The molecule has 0 radical (unpaired) electrons. The lowest BCUT2D eigenvalue weighted by Crippen LogP contribution is -2.29. The number of nitrogens with zero attached hydrogens (tertiary/aromatic N) is 2. The highest BCUT2D eigenvalue weighted by Crippen LogP contribution is 2.31. The molecule has 0 unspecified atom stereocenters. The zero-order chi connectivity index (χ0) is 28.2. The van der Waals surface area contributed by atoms with E-state index in [0.717, 1.165) is 37.1 Å². The van der Waals surface area contributed by atoms with Crippen molar-refractivity contribution in [1.29, 1.82) is 0 Å². The van der Waals surface area contributed by atoms with Gasteiger partial charge in [0.25, 0.3) is 5.56 Å². The Bertz CT molecular complexity index is 1490. The molecule has 0 atom stereocenters. The molecule has 6 nitrogen and oxygen atoms in total. The van der Waals surface area contributed by atoms with Crippen LogP contribution in [0.2, 0.25) is 0 Å². The fourth-order valence-corrected chi connectivity index (χ4v) is 4.61. The number of likely N-dealkylation sites (tertiary alicyclic amines) is 1. The number of nitrogens with one attached hydrogen (secondary N) is 1. The van der Waals surface area contributed by atoms with E-state index in [9.17, 15) is 18.0 Å². The van der Waals surface area contributed by atoms with Gasteiger partial charge in [-0.1, -0.05) is 54.6 Å². The van der Waals surface area contributed by atoms with Gasteiger partial charge >= 0.3 is 12.1 Å². The number of hydrogen-bond donors (Lipinski definition) is 2. The van der Waals surface area contributed by atoms with E-state index in [-0.39, 0.29) is 5.39 Å². The molecule has 39 heavy (non-hydrogen) atoms. The number of alkyl halides is 3. The number of aromatic amines is 1. The highest BCUT2D eigenvalue weighted by molar-refractivity contribution is 5.85. The third-order valence-electron chi connectivity index (χ3n) is 6.73. The van der Waals surface area contributed by atoms with Gasteiger partial charge in [0.05, 0.1) is 5.52 Å². The first-order valence-electron chi connectivity index (χ1n) is 12.4. The average Bonchev–Trinajstić information content (AvgIpc) is 2.90. The normalized spacial score (nSPS) is 14.6. The number of rotatable bonds is 4. The maximum Gasteiger partial charge on any atom is 0.490 e. The van der Waals surface area contributed by atoms with Gasteiger partial charge in [-0.15, -0.1) is 0 Å². The number of hydrogen-bond acceptors (Lipinski definition) is 4. The number of aliphatic carboxylic acids is 1. The maximum atomic E-state index is 15.4. The summed E-state index contributed by atoms with van der Waals surface area (Å²) in [6, 6.07) is 21.4. The van der Waals surface area contributed by atoms with E-state index in [0.29, 0.717) is 29.2 Å². The standard InChI is InChI=1S/C27H26FN3O.C2HF3O2/c1-31-15-13-20(14-16-31)19-7-9-21(10-8-19)22-11-12-23-25(26(22)28)27(32)30-24(29-23)17-18-5-3-2-4-6-18;3-2(4,5)1(6)7/h2-12,20H,13-17H2,1H3,(H,29,30,32);(H,6,7). The van der Waals surface area contributed by atoms with E-state index < -0.39 is 23.5 Å². The lowest BCUT2D eigenvalue weighted by atomic mass is 9.88. The van der Waals surface area contributed by atoms with Crippen LogP contribution in [0.25, 0.3) is 22.0 Å². The minimum atomic E-state index is -5.08. The van der Waals surface area contributed by atoms with Crippen molar-refractivity contribution in [2.45, 2.75) is 31.4 Å². The summed E-state index contributed by atoms with van der Waals surface area (Å²) in [5.41, 5.74) is 3.47. The summed E-state index contributed by atoms with van der Waals surface area (Å²) in [5.74, 6) is -2.19. The van der Waals surface area contributed by atoms with E-state index in [1.807, 2.05) is 42.5 Å². The number of halogens is 4. The molecule has 1 saturated heterocycles. The summed E-state index contributed by atoms with van der Waals surface area (Å²) in [7, 11) is 2.16. The molecule has 0 saturated carbocycles. The van der Waals surface area contributed by atoms with Crippen LogP contribution in [0.4, 0.5) is 17.6 Å². The van der Waals surface area contributed by atoms with E-state index in [1.165, 1.54) is 5.56 Å². The molecule has 2 N–H and O–H groups in total. The highest BCUT2D eigenvalue weighted by atomic mass is 19.4. The Balaban J connectivity index is 0.000000448. The second-order valence-corrected chi connectivity index (χ2v) is 9.50. The summed E-state index contributed by atoms with van der Waals surface area (Å²) in [5, 5.41) is 7.14. The predicted molar refractivity (Wildman–Crippen MR) is 140 cm³/mol. The second-order valence-electron chi connectivity index (χ2n) is 9.50. The van der Waals surface area contributed by atoms with Crippen LogP contribution in [0.1, 0.15) is 35.7 Å². The zero-order valence-corrected chi connectivity index (χ0v) is 21.1. The molecular weight excluding hydrogens is 514 g/mol. The molecule has 3 aromatic carbocycles. The Morgan fingerprint density at radius 2 is 1.64 bits per heavy atom. The van der Waals surface area contributed by atoms with Crippen LogP contribution in [-0.2, 0) is 11.2 Å². The largest absolute Gasteiger partial charge is 0.490 e. The molecule has 0 amide bonds. The van der Waals surface area contributed by atoms with Crippen LogP contribution in [0.5, 0.6) is 0 Å². The van der Waals surface area contributed by atoms with Crippen molar-refractivity contribution in [2.24, 2.45) is 0 Å². The van der Waals surface area contributed by atoms with Crippen LogP contribution in [0.15, 0.2) is 71.5 Å². The molecule has 1 fully saturated rings. The summed E-state index contributed by atoms with van der Waals surface area (Å²) in [6.45, 7) is 2.21. The minimum absolute atomic E-state index is 0.0127. The number of carboxylic acids is 1. The number of carboxylic acid groups (broad SMARTS) is 1. The number of carbonyl (C=O) groups is 1.